The molecule has 0 saturated carbocycles. The molecule has 2 rings (SSSR count). The van der Waals surface area contributed by atoms with Gasteiger partial charge < -0.3 is 10.1 Å². The number of hydrogen-bond donors (Lipinski definition) is 2. The number of methoxy groups -OCH3 is 1. The van der Waals surface area contributed by atoms with Crippen molar-refractivity contribution in [3.63, 3.8) is 0 Å². The highest BCUT2D eigenvalue weighted by molar-refractivity contribution is 7.89. The summed E-state index contributed by atoms with van der Waals surface area (Å²) in [6.07, 6.45) is 0. The Morgan fingerprint density at radius 3 is 2.61 bits per heavy atom. The van der Waals surface area contributed by atoms with Crippen molar-refractivity contribution < 1.29 is 18.1 Å². The number of nitro benzene ring substituents is 1. The van der Waals surface area contributed by atoms with E-state index in [-0.39, 0.29) is 16.3 Å². The fourth-order valence-electron chi connectivity index (χ4n) is 1.97. The molecule has 0 spiro atoms. The fourth-order valence-corrected chi connectivity index (χ4v) is 2.50. The van der Waals surface area contributed by atoms with Gasteiger partial charge in [0.05, 0.1) is 16.9 Å². The zero-order valence-electron chi connectivity index (χ0n) is 12.2. The number of anilines is 1. The SMILES string of the molecule is COc1cccc(CNc2ccc(S(N)(=O)=O)cc2[N+](=O)[O-])c1. The second-order valence-corrected chi connectivity index (χ2v) is 6.25. The molecule has 3 N–H and O–H groups in total. The van der Waals surface area contributed by atoms with Gasteiger partial charge in [-0.15, -0.1) is 0 Å². The van der Waals surface area contributed by atoms with Crippen LogP contribution in [0.15, 0.2) is 47.4 Å². The van der Waals surface area contributed by atoms with Crippen LogP contribution in [0.3, 0.4) is 0 Å². The van der Waals surface area contributed by atoms with Crippen molar-refractivity contribution in [3.05, 3.63) is 58.1 Å². The number of nitrogens with one attached hydrogen (secondary N) is 1. The molecule has 2 aromatic rings. The maximum Gasteiger partial charge on any atom is 0.293 e. The zero-order chi connectivity index (χ0) is 17.0. The standard InChI is InChI=1S/C14H15N3O5S/c1-22-11-4-2-3-10(7-11)9-16-13-6-5-12(23(15,20)21)8-14(13)17(18)19/h2-8,16H,9H2,1H3,(H2,15,20,21). The van der Waals surface area contributed by atoms with E-state index in [4.69, 9.17) is 9.88 Å². The molecule has 9 heteroatoms. The molecule has 0 saturated heterocycles. The van der Waals surface area contributed by atoms with Crippen LogP contribution < -0.4 is 15.2 Å². The van der Waals surface area contributed by atoms with Crippen LogP contribution in [0.4, 0.5) is 11.4 Å². The largest absolute Gasteiger partial charge is 0.497 e. The second-order valence-electron chi connectivity index (χ2n) is 4.69. The van der Waals surface area contributed by atoms with E-state index in [1.54, 1.807) is 25.3 Å². The molecule has 0 atom stereocenters. The van der Waals surface area contributed by atoms with Gasteiger partial charge in [0.15, 0.2) is 0 Å². The summed E-state index contributed by atoms with van der Waals surface area (Å²) in [5, 5.41) is 19.0. The van der Waals surface area contributed by atoms with E-state index in [0.29, 0.717) is 12.3 Å². The number of hydrogen-bond acceptors (Lipinski definition) is 6. The normalized spacial score (nSPS) is 11.0. The van der Waals surface area contributed by atoms with E-state index in [2.05, 4.69) is 5.32 Å². The van der Waals surface area contributed by atoms with Gasteiger partial charge in [-0.3, -0.25) is 10.1 Å². The average molecular weight is 337 g/mol. The number of sulfonamides is 1. The zero-order valence-corrected chi connectivity index (χ0v) is 13.0. The number of nitro groups is 1. The van der Waals surface area contributed by atoms with Gasteiger partial charge >= 0.3 is 0 Å². The van der Waals surface area contributed by atoms with E-state index >= 15 is 0 Å². The summed E-state index contributed by atoms with van der Waals surface area (Å²) in [6, 6.07) is 10.7. The minimum atomic E-state index is -4.00. The average Bonchev–Trinajstić information content (AvgIpc) is 2.52. The predicted molar refractivity (Wildman–Crippen MR) is 84.8 cm³/mol. The van der Waals surface area contributed by atoms with Gasteiger partial charge in [-0.05, 0) is 29.8 Å². The summed E-state index contributed by atoms with van der Waals surface area (Å²) in [7, 11) is -2.46. The van der Waals surface area contributed by atoms with Crippen LogP contribution in [0.5, 0.6) is 5.75 Å². The molecule has 0 unspecified atom stereocenters. The van der Waals surface area contributed by atoms with E-state index in [1.807, 2.05) is 6.07 Å². The van der Waals surface area contributed by atoms with Gasteiger partial charge in [-0.2, -0.15) is 0 Å². The molecule has 0 aromatic heterocycles. The first-order valence-corrected chi connectivity index (χ1v) is 8.04. The molecular formula is C14H15N3O5S. The summed E-state index contributed by atoms with van der Waals surface area (Å²) in [6.45, 7) is 0.312. The van der Waals surface area contributed by atoms with Gasteiger partial charge in [0, 0.05) is 12.6 Å². The molecule has 0 aliphatic heterocycles. The predicted octanol–water partition coefficient (Wildman–Crippen LogP) is 1.86. The first-order chi connectivity index (χ1) is 10.8. The third kappa shape index (κ3) is 4.18. The van der Waals surface area contributed by atoms with Crippen molar-refractivity contribution in [2.24, 2.45) is 5.14 Å². The number of ether oxygens (including phenoxy) is 1. The van der Waals surface area contributed by atoms with Crippen molar-refractivity contribution in [3.8, 4) is 5.75 Å². The molecular weight excluding hydrogens is 322 g/mol. The lowest BCUT2D eigenvalue weighted by Gasteiger charge is -2.09. The Balaban J connectivity index is 2.27. The van der Waals surface area contributed by atoms with Crippen molar-refractivity contribution in [2.45, 2.75) is 11.4 Å². The minimum Gasteiger partial charge on any atom is -0.497 e. The summed E-state index contributed by atoms with van der Waals surface area (Å²) in [4.78, 5) is 10.1. The fraction of sp³-hybridized carbons (Fsp3) is 0.143. The van der Waals surface area contributed by atoms with Crippen LogP contribution in [-0.4, -0.2) is 20.5 Å². The summed E-state index contributed by atoms with van der Waals surface area (Å²) in [5.41, 5.74) is 0.693. The number of rotatable bonds is 6. The molecule has 122 valence electrons. The van der Waals surface area contributed by atoms with Gasteiger partial charge in [0.1, 0.15) is 11.4 Å². The van der Waals surface area contributed by atoms with Crippen molar-refractivity contribution >= 4 is 21.4 Å². The Kier molecular flexibility index (Phi) is 4.82. The summed E-state index contributed by atoms with van der Waals surface area (Å²) in [5.74, 6) is 0.670. The lowest BCUT2D eigenvalue weighted by Crippen LogP contribution is -2.13. The highest BCUT2D eigenvalue weighted by atomic mass is 32.2. The monoisotopic (exact) mass is 337 g/mol. The van der Waals surface area contributed by atoms with Gasteiger partial charge in [-0.25, -0.2) is 13.6 Å². The molecule has 0 fully saturated rings. The molecule has 0 bridgehead atoms. The molecule has 8 nitrogen and oxygen atoms in total. The second kappa shape index (κ2) is 6.63. The molecule has 0 aliphatic carbocycles. The molecule has 0 heterocycles. The van der Waals surface area contributed by atoms with Crippen LogP contribution in [0.2, 0.25) is 0 Å². The molecule has 0 radical (unpaired) electrons. The third-order valence-corrected chi connectivity index (χ3v) is 4.02. The van der Waals surface area contributed by atoms with Crippen LogP contribution in [0.1, 0.15) is 5.56 Å². The van der Waals surface area contributed by atoms with Gasteiger partial charge in [-0.1, -0.05) is 12.1 Å². The number of nitrogens with zero attached hydrogens (tertiary/aromatic N) is 1. The van der Waals surface area contributed by atoms with Crippen LogP contribution in [-0.2, 0) is 16.6 Å². The summed E-state index contributed by atoms with van der Waals surface area (Å²) >= 11 is 0. The topological polar surface area (TPSA) is 125 Å². The third-order valence-electron chi connectivity index (χ3n) is 3.11. The van der Waals surface area contributed by atoms with Crippen LogP contribution in [0, 0.1) is 10.1 Å². The Bertz CT molecular complexity index is 836. The highest BCUT2D eigenvalue weighted by Gasteiger charge is 2.18. The Morgan fingerprint density at radius 2 is 2.00 bits per heavy atom. The maximum atomic E-state index is 11.3. The van der Waals surface area contributed by atoms with E-state index in [0.717, 1.165) is 11.6 Å². The van der Waals surface area contributed by atoms with E-state index in [9.17, 15) is 18.5 Å². The van der Waals surface area contributed by atoms with Crippen molar-refractivity contribution in [2.75, 3.05) is 12.4 Å². The Labute approximate surface area is 133 Å². The minimum absolute atomic E-state index is 0.199. The Hall–Kier alpha value is -2.65. The van der Waals surface area contributed by atoms with Gasteiger partial charge in [0.2, 0.25) is 10.0 Å². The lowest BCUT2D eigenvalue weighted by atomic mass is 10.2. The first-order valence-electron chi connectivity index (χ1n) is 6.49. The smallest absolute Gasteiger partial charge is 0.293 e. The number of benzene rings is 2. The van der Waals surface area contributed by atoms with Crippen molar-refractivity contribution in [1.29, 1.82) is 0 Å². The van der Waals surface area contributed by atoms with E-state index < -0.39 is 14.9 Å². The van der Waals surface area contributed by atoms with Crippen LogP contribution in [0.25, 0.3) is 0 Å². The molecule has 0 amide bonds. The van der Waals surface area contributed by atoms with Gasteiger partial charge in [0.25, 0.3) is 5.69 Å². The van der Waals surface area contributed by atoms with Crippen molar-refractivity contribution in [1.82, 2.24) is 0 Å². The lowest BCUT2D eigenvalue weighted by molar-refractivity contribution is -0.384. The number of primary sulfonamides is 1. The quantitative estimate of drug-likeness (QED) is 0.612. The first kappa shape index (κ1) is 16.7. The molecule has 0 aliphatic rings. The Morgan fingerprint density at radius 1 is 1.26 bits per heavy atom. The summed E-state index contributed by atoms with van der Waals surface area (Å²) < 4.78 is 27.7. The highest BCUT2D eigenvalue weighted by Crippen LogP contribution is 2.27. The molecule has 23 heavy (non-hydrogen) atoms. The van der Waals surface area contributed by atoms with Crippen LogP contribution >= 0.6 is 0 Å². The number of nitrogens with two attached hydrogens (primary N) is 1. The molecule has 2 aromatic carbocycles. The maximum absolute atomic E-state index is 11.3. The van der Waals surface area contributed by atoms with E-state index in [1.165, 1.54) is 12.1 Å².